The Morgan fingerprint density at radius 3 is 2.33 bits per heavy atom. The summed E-state index contributed by atoms with van der Waals surface area (Å²) < 4.78 is 0. The van der Waals surface area contributed by atoms with Gasteiger partial charge in [-0.3, -0.25) is 9.79 Å². The van der Waals surface area contributed by atoms with Crippen molar-refractivity contribution in [1.82, 2.24) is 0 Å². The molecule has 0 heterocycles. The van der Waals surface area contributed by atoms with Crippen LogP contribution in [-0.4, -0.2) is 17.5 Å². The van der Waals surface area contributed by atoms with Gasteiger partial charge in [-0.15, -0.1) is 0 Å². The molecule has 0 aliphatic heterocycles. The van der Waals surface area contributed by atoms with Crippen molar-refractivity contribution in [3.63, 3.8) is 0 Å². The third kappa shape index (κ3) is 4.07. The van der Waals surface area contributed by atoms with Crippen molar-refractivity contribution in [3.05, 3.63) is 35.9 Å². The quantitative estimate of drug-likeness (QED) is 0.692. The molecular weight excluding hydrogens is 186 g/mol. The molecule has 0 aliphatic rings. The smallest absolute Gasteiger partial charge is 0.173 e. The molecule has 0 bridgehead atoms. The molecular formula is C13H17NO. The van der Waals surface area contributed by atoms with Crippen molar-refractivity contribution < 1.29 is 4.79 Å². The van der Waals surface area contributed by atoms with Crippen LogP contribution in [0.2, 0.25) is 0 Å². The predicted molar refractivity (Wildman–Crippen MR) is 63.4 cm³/mol. The van der Waals surface area contributed by atoms with Crippen LogP contribution in [0.5, 0.6) is 0 Å². The lowest BCUT2D eigenvalue weighted by Crippen LogP contribution is -2.15. The topological polar surface area (TPSA) is 29.4 Å². The normalized spacial score (nSPS) is 11.9. The van der Waals surface area contributed by atoms with Crippen molar-refractivity contribution in [2.45, 2.75) is 33.2 Å². The van der Waals surface area contributed by atoms with E-state index in [2.05, 4.69) is 4.99 Å². The lowest BCUT2D eigenvalue weighted by atomic mass is 10.1. The van der Waals surface area contributed by atoms with Crippen LogP contribution in [0.3, 0.4) is 0 Å². The van der Waals surface area contributed by atoms with E-state index in [0.29, 0.717) is 12.1 Å². The molecule has 15 heavy (non-hydrogen) atoms. The second-order valence-electron chi connectivity index (χ2n) is 3.89. The van der Waals surface area contributed by atoms with E-state index in [1.54, 1.807) is 6.92 Å². The molecule has 0 amide bonds. The van der Waals surface area contributed by atoms with Crippen LogP contribution in [0.1, 0.15) is 26.3 Å². The van der Waals surface area contributed by atoms with Crippen molar-refractivity contribution >= 4 is 11.5 Å². The Bertz CT molecular complexity index is 352. The molecule has 0 aliphatic carbocycles. The minimum atomic E-state index is 0.0625. The Morgan fingerprint density at radius 2 is 1.87 bits per heavy atom. The van der Waals surface area contributed by atoms with Gasteiger partial charge in [-0.25, -0.2) is 0 Å². The largest absolute Gasteiger partial charge is 0.293 e. The maximum atomic E-state index is 11.4. The molecule has 80 valence electrons. The number of Topliss-reactive ketones (excluding diaryl/α,β-unsaturated/α-hetero) is 1. The zero-order valence-electron chi connectivity index (χ0n) is 9.53. The molecule has 1 rings (SSSR count). The Labute approximate surface area is 91.0 Å². The number of carbonyl (C=O) groups is 1. The molecule has 0 radical (unpaired) electrons. The Morgan fingerprint density at radius 1 is 1.27 bits per heavy atom. The summed E-state index contributed by atoms with van der Waals surface area (Å²) in [6, 6.07) is 10.1. The van der Waals surface area contributed by atoms with E-state index in [0.717, 1.165) is 5.56 Å². The van der Waals surface area contributed by atoms with Gasteiger partial charge in [0, 0.05) is 19.4 Å². The Kier molecular flexibility index (Phi) is 4.22. The van der Waals surface area contributed by atoms with Crippen molar-refractivity contribution in [3.8, 4) is 0 Å². The van der Waals surface area contributed by atoms with E-state index in [1.807, 2.05) is 44.2 Å². The van der Waals surface area contributed by atoms with Crippen LogP contribution in [0.25, 0.3) is 0 Å². The summed E-state index contributed by atoms with van der Waals surface area (Å²) in [4.78, 5) is 15.7. The number of hydrogen-bond donors (Lipinski definition) is 0. The highest BCUT2D eigenvalue weighted by atomic mass is 16.1. The van der Waals surface area contributed by atoms with Gasteiger partial charge in [-0.2, -0.15) is 0 Å². The van der Waals surface area contributed by atoms with Gasteiger partial charge in [0.1, 0.15) is 0 Å². The molecule has 2 heteroatoms. The van der Waals surface area contributed by atoms with Crippen molar-refractivity contribution in [2.24, 2.45) is 4.99 Å². The van der Waals surface area contributed by atoms with Gasteiger partial charge in [-0.05, 0) is 19.4 Å². The van der Waals surface area contributed by atoms with E-state index in [9.17, 15) is 4.79 Å². The molecule has 0 spiro atoms. The third-order valence-corrected chi connectivity index (χ3v) is 2.03. The summed E-state index contributed by atoms with van der Waals surface area (Å²) in [5, 5.41) is 0. The Balaban J connectivity index is 2.81. The zero-order chi connectivity index (χ0) is 11.3. The SMILES string of the molecule is CC(=O)C(Cc1ccccc1)=NC(C)C. The number of rotatable bonds is 4. The highest BCUT2D eigenvalue weighted by molar-refractivity contribution is 6.39. The fourth-order valence-electron chi connectivity index (χ4n) is 1.36. The summed E-state index contributed by atoms with van der Waals surface area (Å²) in [5.74, 6) is 0.0625. The summed E-state index contributed by atoms with van der Waals surface area (Å²) in [7, 11) is 0. The number of aliphatic imine (C=N–C) groups is 1. The number of benzene rings is 1. The van der Waals surface area contributed by atoms with E-state index >= 15 is 0 Å². The zero-order valence-corrected chi connectivity index (χ0v) is 9.53. The van der Waals surface area contributed by atoms with Crippen LogP contribution in [0, 0.1) is 0 Å². The van der Waals surface area contributed by atoms with Gasteiger partial charge in [0.2, 0.25) is 0 Å². The predicted octanol–water partition coefficient (Wildman–Crippen LogP) is 2.67. The fourth-order valence-corrected chi connectivity index (χ4v) is 1.36. The van der Waals surface area contributed by atoms with Crippen LogP contribution in [0.4, 0.5) is 0 Å². The molecule has 2 nitrogen and oxygen atoms in total. The molecule has 0 saturated heterocycles. The summed E-state index contributed by atoms with van der Waals surface area (Å²) in [6.45, 7) is 5.53. The summed E-state index contributed by atoms with van der Waals surface area (Å²) >= 11 is 0. The summed E-state index contributed by atoms with van der Waals surface area (Å²) in [5.41, 5.74) is 1.79. The van der Waals surface area contributed by atoms with Crippen LogP contribution in [-0.2, 0) is 11.2 Å². The molecule has 0 unspecified atom stereocenters. The maximum Gasteiger partial charge on any atom is 0.173 e. The molecule has 0 N–H and O–H groups in total. The first kappa shape index (κ1) is 11.6. The first-order valence-corrected chi connectivity index (χ1v) is 5.21. The highest BCUT2D eigenvalue weighted by Crippen LogP contribution is 2.03. The minimum Gasteiger partial charge on any atom is -0.293 e. The standard InChI is InChI=1S/C13H17NO/c1-10(2)14-13(11(3)15)9-12-7-5-4-6-8-12/h4-8,10H,9H2,1-3H3. The monoisotopic (exact) mass is 203 g/mol. The first-order valence-electron chi connectivity index (χ1n) is 5.21. The van der Waals surface area contributed by atoms with Gasteiger partial charge >= 0.3 is 0 Å². The van der Waals surface area contributed by atoms with E-state index in [4.69, 9.17) is 0 Å². The lowest BCUT2D eigenvalue weighted by molar-refractivity contribution is -0.111. The van der Waals surface area contributed by atoms with Gasteiger partial charge in [-0.1, -0.05) is 30.3 Å². The first-order chi connectivity index (χ1) is 7.09. The second-order valence-corrected chi connectivity index (χ2v) is 3.89. The molecule has 1 aromatic carbocycles. The van der Waals surface area contributed by atoms with E-state index in [-0.39, 0.29) is 11.8 Å². The lowest BCUT2D eigenvalue weighted by Gasteiger charge is -2.05. The molecule has 0 saturated carbocycles. The fraction of sp³-hybridized carbons (Fsp3) is 0.385. The summed E-state index contributed by atoms with van der Waals surface area (Å²) in [6.07, 6.45) is 0.633. The van der Waals surface area contributed by atoms with E-state index < -0.39 is 0 Å². The average molecular weight is 203 g/mol. The molecule has 0 fully saturated rings. The van der Waals surface area contributed by atoms with Crippen molar-refractivity contribution in [2.75, 3.05) is 0 Å². The number of carbonyl (C=O) groups excluding carboxylic acids is 1. The van der Waals surface area contributed by atoms with E-state index in [1.165, 1.54) is 0 Å². The van der Waals surface area contributed by atoms with Gasteiger partial charge < -0.3 is 0 Å². The number of ketones is 1. The minimum absolute atomic E-state index is 0.0625. The number of hydrogen-bond acceptors (Lipinski definition) is 2. The maximum absolute atomic E-state index is 11.4. The van der Waals surface area contributed by atoms with Crippen LogP contribution >= 0.6 is 0 Å². The Hall–Kier alpha value is -1.44. The van der Waals surface area contributed by atoms with Gasteiger partial charge in [0.05, 0.1) is 5.71 Å². The third-order valence-electron chi connectivity index (χ3n) is 2.03. The molecule has 0 aromatic heterocycles. The molecule has 1 aromatic rings. The highest BCUT2D eigenvalue weighted by Gasteiger charge is 2.07. The number of nitrogens with zero attached hydrogens (tertiary/aromatic N) is 1. The molecule has 0 atom stereocenters. The van der Waals surface area contributed by atoms with Crippen LogP contribution < -0.4 is 0 Å². The average Bonchev–Trinajstić information content (AvgIpc) is 2.17. The second kappa shape index (κ2) is 5.44. The van der Waals surface area contributed by atoms with Gasteiger partial charge in [0.25, 0.3) is 0 Å². The van der Waals surface area contributed by atoms with Gasteiger partial charge in [0.15, 0.2) is 5.78 Å². The van der Waals surface area contributed by atoms with Crippen molar-refractivity contribution in [1.29, 1.82) is 0 Å². The van der Waals surface area contributed by atoms with Crippen LogP contribution in [0.15, 0.2) is 35.3 Å².